The van der Waals surface area contributed by atoms with Gasteiger partial charge in [0, 0.05) is 30.1 Å². The third-order valence-electron chi connectivity index (χ3n) is 3.75. The van der Waals surface area contributed by atoms with E-state index in [1.54, 1.807) is 11.3 Å². The topological polar surface area (TPSA) is 50.3 Å². The number of hydrogen-bond donors (Lipinski definition) is 1. The lowest BCUT2D eigenvalue weighted by Crippen LogP contribution is -2.37. The van der Waals surface area contributed by atoms with Crippen molar-refractivity contribution in [1.82, 2.24) is 9.97 Å². The van der Waals surface area contributed by atoms with E-state index in [0.29, 0.717) is 0 Å². The van der Waals surface area contributed by atoms with Crippen LogP contribution in [-0.4, -0.2) is 36.3 Å². The molecular formula is C17H24N4OS. The van der Waals surface area contributed by atoms with Gasteiger partial charge in [0.05, 0.1) is 36.1 Å². The maximum atomic E-state index is 5.43. The summed E-state index contributed by atoms with van der Waals surface area (Å²) < 4.78 is 5.43. The summed E-state index contributed by atoms with van der Waals surface area (Å²) in [5, 5.41) is 6.80. The van der Waals surface area contributed by atoms with Crippen molar-refractivity contribution in [2.75, 3.05) is 36.5 Å². The van der Waals surface area contributed by atoms with Crippen molar-refractivity contribution in [3.8, 4) is 0 Å². The van der Waals surface area contributed by atoms with Crippen LogP contribution < -0.4 is 10.2 Å². The third kappa shape index (κ3) is 4.00. The van der Waals surface area contributed by atoms with E-state index in [1.807, 2.05) is 12.3 Å². The van der Waals surface area contributed by atoms with Gasteiger partial charge in [-0.1, -0.05) is 20.8 Å². The van der Waals surface area contributed by atoms with E-state index in [9.17, 15) is 0 Å². The maximum Gasteiger partial charge on any atom is 0.152 e. The van der Waals surface area contributed by atoms with Crippen LogP contribution in [0.25, 0.3) is 0 Å². The summed E-state index contributed by atoms with van der Waals surface area (Å²) in [6.07, 6.45) is 1.84. The molecule has 0 saturated carbocycles. The number of pyridine rings is 1. The minimum absolute atomic E-state index is 0.107. The molecule has 0 unspecified atom stereocenters. The first kappa shape index (κ1) is 16.2. The molecule has 5 nitrogen and oxygen atoms in total. The average molecular weight is 332 g/mol. The Kier molecular flexibility index (Phi) is 4.82. The zero-order valence-corrected chi connectivity index (χ0v) is 14.8. The summed E-state index contributed by atoms with van der Waals surface area (Å²) in [5.74, 6) is 1.00. The Labute approximate surface area is 141 Å². The van der Waals surface area contributed by atoms with Crippen molar-refractivity contribution < 1.29 is 4.74 Å². The Balaban J connectivity index is 1.69. The number of anilines is 2. The lowest BCUT2D eigenvalue weighted by Gasteiger charge is -2.29. The van der Waals surface area contributed by atoms with Gasteiger partial charge in [-0.25, -0.2) is 9.97 Å². The van der Waals surface area contributed by atoms with Gasteiger partial charge in [0.25, 0.3) is 0 Å². The SMILES string of the molecule is CC(C)(C)c1nc(CNc2cccnc2N2CCOCC2)cs1. The molecular weight excluding hydrogens is 308 g/mol. The zero-order chi connectivity index (χ0) is 16.3. The monoisotopic (exact) mass is 332 g/mol. The minimum Gasteiger partial charge on any atom is -0.378 e. The van der Waals surface area contributed by atoms with Crippen molar-refractivity contribution in [1.29, 1.82) is 0 Å². The van der Waals surface area contributed by atoms with Crippen LogP contribution in [0.4, 0.5) is 11.5 Å². The van der Waals surface area contributed by atoms with E-state index in [0.717, 1.165) is 50.0 Å². The molecule has 0 amide bonds. The van der Waals surface area contributed by atoms with Crippen molar-refractivity contribution in [2.45, 2.75) is 32.7 Å². The number of morpholine rings is 1. The second-order valence-corrected chi connectivity index (χ2v) is 7.58. The summed E-state index contributed by atoms with van der Waals surface area (Å²) in [6.45, 7) is 10.6. The molecule has 2 aromatic heterocycles. The van der Waals surface area contributed by atoms with Crippen molar-refractivity contribution in [3.63, 3.8) is 0 Å². The van der Waals surface area contributed by atoms with Crippen molar-refractivity contribution in [2.24, 2.45) is 0 Å². The quantitative estimate of drug-likeness (QED) is 0.931. The predicted molar refractivity (Wildman–Crippen MR) is 95.4 cm³/mol. The van der Waals surface area contributed by atoms with Gasteiger partial charge in [0.15, 0.2) is 5.82 Å². The minimum atomic E-state index is 0.107. The zero-order valence-electron chi connectivity index (χ0n) is 14.0. The molecule has 0 aliphatic carbocycles. The van der Waals surface area contributed by atoms with Crippen LogP contribution in [-0.2, 0) is 16.7 Å². The molecule has 0 aromatic carbocycles. The highest BCUT2D eigenvalue weighted by molar-refractivity contribution is 7.09. The maximum absolute atomic E-state index is 5.43. The van der Waals surface area contributed by atoms with Crippen LogP contribution in [0.2, 0.25) is 0 Å². The molecule has 6 heteroatoms. The Morgan fingerprint density at radius 2 is 2.09 bits per heavy atom. The van der Waals surface area contributed by atoms with Gasteiger partial charge in [-0.2, -0.15) is 0 Å². The molecule has 1 fully saturated rings. The standard InChI is InChI=1S/C17H24N4OS/c1-17(2,3)16-20-13(12-23-16)11-19-14-5-4-6-18-15(14)21-7-9-22-10-8-21/h4-6,12,19H,7-11H2,1-3H3. The summed E-state index contributed by atoms with van der Waals surface area (Å²) in [5.41, 5.74) is 2.24. The van der Waals surface area contributed by atoms with Gasteiger partial charge in [0.1, 0.15) is 0 Å². The van der Waals surface area contributed by atoms with Gasteiger partial charge < -0.3 is 15.0 Å². The summed E-state index contributed by atoms with van der Waals surface area (Å²) in [7, 11) is 0. The van der Waals surface area contributed by atoms with E-state index < -0.39 is 0 Å². The second kappa shape index (κ2) is 6.84. The fourth-order valence-electron chi connectivity index (χ4n) is 2.48. The number of thiazole rings is 1. The molecule has 2 aromatic rings. The summed E-state index contributed by atoms with van der Waals surface area (Å²) in [4.78, 5) is 11.6. The van der Waals surface area contributed by atoms with Crippen molar-refractivity contribution >= 4 is 22.8 Å². The lowest BCUT2D eigenvalue weighted by molar-refractivity contribution is 0.122. The number of ether oxygens (including phenoxy) is 1. The molecule has 0 radical (unpaired) electrons. The van der Waals surface area contributed by atoms with Gasteiger partial charge in [0.2, 0.25) is 0 Å². The molecule has 1 saturated heterocycles. The van der Waals surface area contributed by atoms with Gasteiger partial charge in [-0.15, -0.1) is 11.3 Å². The van der Waals surface area contributed by atoms with E-state index in [2.05, 4.69) is 47.4 Å². The van der Waals surface area contributed by atoms with E-state index in [-0.39, 0.29) is 5.41 Å². The molecule has 0 atom stereocenters. The normalized spacial score (nSPS) is 15.7. The number of nitrogens with zero attached hydrogens (tertiary/aromatic N) is 3. The molecule has 23 heavy (non-hydrogen) atoms. The Bertz CT molecular complexity index is 644. The molecule has 124 valence electrons. The largest absolute Gasteiger partial charge is 0.378 e. The molecule has 1 aliphatic heterocycles. The number of aromatic nitrogens is 2. The van der Waals surface area contributed by atoms with Gasteiger partial charge >= 0.3 is 0 Å². The Morgan fingerprint density at radius 1 is 1.30 bits per heavy atom. The second-order valence-electron chi connectivity index (χ2n) is 6.72. The van der Waals surface area contributed by atoms with Crippen LogP contribution >= 0.6 is 11.3 Å². The van der Waals surface area contributed by atoms with E-state index in [1.165, 1.54) is 5.01 Å². The van der Waals surface area contributed by atoms with E-state index >= 15 is 0 Å². The first-order chi connectivity index (χ1) is 11.0. The van der Waals surface area contributed by atoms with E-state index in [4.69, 9.17) is 9.72 Å². The van der Waals surface area contributed by atoms with Crippen LogP contribution in [0, 0.1) is 0 Å². The third-order valence-corrected chi connectivity index (χ3v) is 5.07. The molecule has 3 heterocycles. The smallest absolute Gasteiger partial charge is 0.152 e. The number of nitrogens with one attached hydrogen (secondary N) is 1. The first-order valence-corrected chi connectivity index (χ1v) is 8.88. The highest BCUT2D eigenvalue weighted by Crippen LogP contribution is 2.27. The Hall–Kier alpha value is -1.66. The molecule has 1 N–H and O–H groups in total. The highest BCUT2D eigenvalue weighted by atomic mass is 32.1. The first-order valence-electron chi connectivity index (χ1n) is 8.00. The number of rotatable bonds is 4. The average Bonchev–Trinajstić information content (AvgIpc) is 3.03. The van der Waals surface area contributed by atoms with Crippen LogP contribution in [0.1, 0.15) is 31.5 Å². The fraction of sp³-hybridized carbons (Fsp3) is 0.529. The summed E-state index contributed by atoms with van der Waals surface area (Å²) >= 11 is 1.73. The Morgan fingerprint density at radius 3 is 2.78 bits per heavy atom. The highest BCUT2D eigenvalue weighted by Gasteiger charge is 2.19. The van der Waals surface area contributed by atoms with Crippen LogP contribution in [0.5, 0.6) is 0 Å². The van der Waals surface area contributed by atoms with Crippen LogP contribution in [0.15, 0.2) is 23.7 Å². The lowest BCUT2D eigenvalue weighted by atomic mass is 9.98. The van der Waals surface area contributed by atoms with Crippen LogP contribution in [0.3, 0.4) is 0 Å². The van der Waals surface area contributed by atoms with Crippen molar-refractivity contribution in [3.05, 3.63) is 34.4 Å². The molecule has 1 aliphatic rings. The molecule has 0 spiro atoms. The van der Waals surface area contributed by atoms with Gasteiger partial charge in [-0.3, -0.25) is 0 Å². The summed E-state index contributed by atoms with van der Waals surface area (Å²) in [6, 6.07) is 4.04. The molecule has 3 rings (SSSR count). The van der Waals surface area contributed by atoms with Gasteiger partial charge in [-0.05, 0) is 12.1 Å². The number of hydrogen-bond acceptors (Lipinski definition) is 6. The fourth-order valence-corrected chi connectivity index (χ4v) is 3.39. The molecule has 0 bridgehead atoms. The predicted octanol–water partition coefficient (Wildman–Crippen LogP) is 3.28.